The third-order valence-corrected chi connectivity index (χ3v) is 4.52. The van der Waals surface area contributed by atoms with Gasteiger partial charge in [-0.2, -0.15) is 0 Å². The summed E-state index contributed by atoms with van der Waals surface area (Å²) in [5, 5.41) is 19.3. The van der Waals surface area contributed by atoms with Crippen molar-refractivity contribution < 1.29 is 24.1 Å². The molecule has 0 unspecified atom stereocenters. The molecule has 8 nitrogen and oxygen atoms in total. The standard InChI is InChI=1S/C20H33N3O5/c1-14(2)27-11-10-21-8-9-22-20(25)28-19-17(23-13-18(19)24)12-15-4-6-16(26-3)7-5-15/h4-7,14,17-19,21,23-24H,8-13H2,1-3H3,(H,22,25)/t17-,18+,19+/m1/s1. The highest BCUT2D eigenvalue weighted by Crippen LogP contribution is 2.19. The second-order valence-corrected chi connectivity index (χ2v) is 7.10. The zero-order valence-electron chi connectivity index (χ0n) is 16.9. The van der Waals surface area contributed by atoms with Gasteiger partial charge in [-0.3, -0.25) is 0 Å². The number of carbonyl (C=O) groups is 1. The summed E-state index contributed by atoms with van der Waals surface area (Å²) in [5.41, 5.74) is 1.08. The maximum atomic E-state index is 12.1. The van der Waals surface area contributed by atoms with Crippen LogP contribution in [-0.2, 0) is 15.9 Å². The van der Waals surface area contributed by atoms with Crippen LogP contribution in [0.2, 0.25) is 0 Å². The largest absolute Gasteiger partial charge is 0.497 e. The molecule has 1 fully saturated rings. The summed E-state index contributed by atoms with van der Waals surface area (Å²) in [6.07, 6.45) is -0.967. The Balaban J connectivity index is 1.70. The first-order valence-electron chi connectivity index (χ1n) is 9.80. The lowest BCUT2D eigenvalue weighted by Crippen LogP contribution is -2.42. The van der Waals surface area contributed by atoms with Crippen LogP contribution in [-0.4, -0.2) is 75.4 Å². The number of rotatable bonds is 11. The van der Waals surface area contributed by atoms with Gasteiger partial charge in [0, 0.05) is 26.2 Å². The molecule has 0 spiro atoms. The van der Waals surface area contributed by atoms with E-state index in [0.29, 0.717) is 32.7 Å². The van der Waals surface area contributed by atoms with Crippen LogP contribution < -0.4 is 20.7 Å². The van der Waals surface area contributed by atoms with Crippen molar-refractivity contribution >= 4 is 6.09 Å². The topological polar surface area (TPSA) is 101 Å². The Morgan fingerprint density at radius 3 is 2.68 bits per heavy atom. The van der Waals surface area contributed by atoms with E-state index in [1.165, 1.54) is 0 Å². The van der Waals surface area contributed by atoms with Gasteiger partial charge in [0.15, 0.2) is 0 Å². The minimum absolute atomic E-state index is 0.138. The third-order valence-electron chi connectivity index (χ3n) is 4.52. The maximum absolute atomic E-state index is 12.1. The van der Waals surface area contributed by atoms with Gasteiger partial charge in [0.2, 0.25) is 0 Å². The molecular formula is C20H33N3O5. The van der Waals surface area contributed by atoms with Gasteiger partial charge in [-0.15, -0.1) is 0 Å². The number of benzene rings is 1. The Bertz CT molecular complexity index is 582. The Kier molecular flexibility index (Phi) is 9.49. The molecule has 0 radical (unpaired) electrons. The van der Waals surface area contributed by atoms with Crippen molar-refractivity contribution in [1.29, 1.82) is 0 Å². The van der Waals surface area contributed by atoms with Crippen LogP contribution in [0.15, 0.2) is 24.3 Å². The van der Waals surface area contributed by atoms with Gasteiger partial charge in [-0.05, 0) is 38.0 Å². The number of aliphatic hydroxyl groups excluding tert-OH is 1. The molecule has 8 heteroatoms. The molecule has 1 aliphatic heterocycles. The number of β-amino-alcohol motifs (C(OH)–C–C–N with tert-alkyl or cyclic N) is 1. The van der Waals surface area contributed by atoms with E-state index in [-0.39, 0.29) is 12.1 Å². The summed E-state index contributed by atoms with van der Waals surface area (Å²) in [6, 6.07) is 7.58. The molecule has 0 saturated carbocycles. The number of carbonyl (C=O) groups excluding carboxylic acids is 1. The van der Waals surface area contributed by atoms with Gasteiger partial charge in [0.25, 0.3) is 0 Å². The van der Waals surface area contributed by atoms with Crippen LogP contribution in [0.1, 0.15) is 19.4 Å². The van der Waals surface area contributed by atoms with Crippen LogP contribution in [0.5, 0.6) is 5.75 Å². The van der Waals surface area contributed by atoms with E-state index in [4.69, 9.17) is 14.2 Å². The van der Waals surface area contributed by atoms with Crippen molar-refractivity contribution in [3.63, 3.8) is 0 Å². The minimum Gasteiger partial charge on any atom is -0.497 e. The lowest BCUT2D eigenvalue weighted by Gasteiger charge is -2.22. The van der Waals surface area contributed by atoms with Gasteiger partial charge in [0.05, 0.1) is 25.9 Å². The molecule has 1 aliphatic rings. The zero-order valence-corrected chi connectivity index (χ0v) is 16.9. The molecule has 1 saturated heterocycles. The second-order valence-electron chi connectivity index (χ2n) is 7.10. The predicted molar refractivity (Wildman–Crippen MR) is 107 cm³/mol. The number of ether oxygens (including phenoxy) is 3. The number of hydrogen-bond acceptors (Lipinski definition) is 7. The minimum atomic E-state index is -0.722. The molecule has 3 atom stereocenters. The van der Waals surface area contributed by atoms with Crippen LogP contribution in [0.25, 0.3) is 0 Å². The molecule has 1 aromatic rings. The number of aliphatic hydroxyl groups is 1. The summed E-state index contributed by atoms with van der Waals surface area (Å²) < 4.78 is 16.1. The quantitative estimate of drug-likeness (QED) is 0.409. The molecule has 1 amide bonds. The lowest BCUT2D eigenvalue weighted by molar-refractivity contribution is 0.0190. The van der Waals surface area contributed by atoms with Crippen molar-refractivity contribution in [3.05, 3.63) is 29.8 Å². The van der Waals surface area contributed by atoms with Crippen LogP contribution >= 0.6 is 0 Å². The predicted octanol–water partition coefficient (Wildman–Crippen LogP) is 0.680. The summed E-state index contributed by atoms with van der Waals surface area (Å²) >= 11 is 0. The van der Waals surface area contributed by atoms with Gasteiger partial charge in [-0.25, -0.2) is 4.79 Å². The molecule has 1 aromatic carbocycles. The first kappa shape index (κ1) is 22.4. The fourth-order valence-electron chi connectivity index (χ4n) is 3.05. The van der Waals surface area contributed by atoms with Gasteiger partial charge >= 0.3 is 6.09 Å². The summed E-state index contributed by atoms with van der Waals surface area (Å²) in [7, 11) is 1.63. The molecular weight excluding hydrogens is 362 g/mol. The summed E-state index contributed by atoms with van der Waals surface area (Å²) in [4.78, 5) is 12.1. The molecule has 28 heavy (non-hydrogen) atoms. The first-order chi connectivity index (χ1) is 13.5. The van der Waals surface area contributed by atoms with Crippen molar-refractivity contribution in [3.8, 4) is 5.75 Å². The average Bonchev–Trinajstić information content (AvgIpc) is 3.01. The molecule has 4 N–H and O–H groups in total. The number of alkyl carbamates (subject to hydrolysis) is 1. The fourth-order valence-corrected chi connectivity index (χ4v) is 3.05. The third kappa shape index (κ3) is 7.63. The van der Waals surface area contributed by atoms with E-state index in [9.17, 15) is 9.90 Å². The normalized spacial score (nSPS) is 21.7. The zero-order chi connectivity index (χ0) is 20.4. The van der Waals surface area contributed by atoms with E-state index < -0.39 is 18.3 Å². The van der Waals surface area contributed by atoms with E-state index in [2.05, 4.69) is 16.0 Å². The Hall–Kier alpha value is -1.87. The van der Waals surface area contributed by atoms with Gasteiger partial charge < -0.3 is 35.3 Å². The molecule has 2 rings (SSSR count). The van der Waals surface area contributed by atoms with Crippen molar-refractivity contribution in [2.45, 2.75) is 44.6 Å². The van der Waals surface area contributed by atoms with E-state index in [0.717, 1.165) is 17.9 Å². The van der Waals surface area contributed by atoms with Crippen molar-refractivity contribution in [2.75, 3.05) is 39.9 Å². The van der Waals surface area contributed by atoms with Gasteiger partial charge in [0.1, 0.15) is 18.0 Å². The van der Waals surface area contributed by atoms with Crippen LogP contribution in [0.3, 0.4) is 0 Å². The molecule has 0 bridgehead atoms. The highest BCUT2D eigenvalue weighted by Gasteiger charge is 2.37. The van der Waals surface area contributed by atoms with Crippen molar-refractivity contribution in [2.24, 2.45) is 0 Å². The Labute approximate surface area is 166 Å². The van der Waals surface area contributed by atoms with Gasteiger partial charge in [-0.1, -0.05) is 12.1 Å². The SMILES string of the molecule is COc1ccc(C[C@H]2NC[C@H](O)[C@H]2OC(=O)NCCNCCOC(C)C)cc1. The highest BCUT2D eigenvalue weighted by atomic mass is 16.6. The monoisotopic (exact) mass is 395 g/mol. The summed E-state index contributed by atoms with van der Waals surface area (Å²) in [6.45, 7) is 6.81. The highest BCUT2D eigenvalue weighted by molar-refractivity contribution is 5.67. The lowest BCUT2D eigenvalue weighted by atomic mass is 10.0. The smallest absolute Gasteiger partial charge is 0.407 e. The number of methoxy groups -OCH3 is 1. The molecule has 158 valence electrons. The van der Waals surface area contributed by atoms with E-state index in [1.807, 2.05) is 38.1 Å². The second kappa shape index (κ2) is 11.9. The van der Waals surface area contributed by atoms with Crippen molar-refractivity contribution in [1.82, 2.24) is 16.0 Å². The number of nitrogens with one attached hydrogen (secondary N) is 3. The molecule has 1 heterocycles. The number of hydrogen-bond donors (Lipinski definition) is 4. The van der Waals surface area contributed by atoms with Crippen LogP contribution in [0.4, 0.5) is 4.79 Å². The molecule has 0 aromatic heterocycles. The van der Waals surface area contributed by atoms with E-state index >= 15 is 0 Å². The summed E-state index contributed by atoms with van der Waals surface area (Å²) in [5.74, 6) is 0.791. The first-order valence-corrected chi connectivity index (χ1v) is 9.80. The number of amides is 1. The van der Waals surface area contributed by atoms with E-state index in [1.54, 1.807) is 7.11 Å². The Morgan fingerprint density at radius 2 is 2.00 bits per heavy atom. The average molecular weight is 396 g/mol. The van der Waals surface area contributed by atoms with Crippen LogP contribution in [0, 0.1) is 0 Å². The maximum Gasteiger partial charge on any atom is 0.407 e. The Morgan fingerprint density at radius 1 is 1.25 bits per heavy atom. The fraction of sp³-hybridized carbons (Fsp3) is 0.650. The molecule has 0 aliphatic carbocycles.